The van der Waals surface area contributed by atoms with Crippen LogP contribution in [0.1, 0.15) is 81.1 Å². The van der Waals surface area contributed by atoms with Gasteiger partial charge in [0.05, 0.1) is 11.1 Å². The van der Waals surface area contributed by atoms with E-state index in [1.165, 1.54) is 17.7 Å². The average Bonchev–Trinajstić information content (AvgIpc) is 3.10. The van der Waals surface area contributed by atoms with Gasteiger partial charge >= 0.3 is 12.1 Å². The molecular formula is C27H31F3O3. The zero-order valence-corrected chi connectivity index (χ0v) is 19.2. The molecule has 33 heavy (non-hydrogen) atoms. The van der Waals surface area contributed by atoms with Gasteiger partial charge in [-0.25, -0.2) is 4.79 Å². The number of hydrogen-bond donors (Lipinski definition) is 0. The average molecular weight is 461 g/mol. The number of alkyl halides is 3. The maximum atomic E-state index is 12.8. The van der Waals surface area contributed by atoms with Crippen molar-refractivity contribution < 1.29 is 27.5 Å². The fraction of sp³-hybridized carbons (Fsp3) is 0.630. The normalized spacial score (nSPS) is 38.1. The Labute approximate surface area is 192 Å². The van der Waals surface area contributed by atoms with Gasteiger partial charge in [-0.15, -0.1) is 0 Å². The highest BCUT2D eigenvalue weighted by Gasteiger charge is 2.60. The number of benzene rings is 1. The van der Waals surface area contributed by atoms with Gasteiger partial charge in [-0.3, -0.25) is 4.79 Å². The minimum absolute atomic E-state index is 0.104. The Morgan fingerprint density at radius 3 is 2.39 bits per heavy atom. The maximum absolute atomic E-state index is 12.8. The lowest BCUT2D eigenvalue weighted by Crippen LogP contribution is -2.51. The van der Waals surface area contributed by atoms with Gasteiger partial charge < -0.3 is 4.74 Å². The maximum Gasteiger partial charge on any atom is 0.416 e. The Hall–Kier alpha value is -2.11. The van der Waals surface area contributed by atoms with E-state index in [1.54, 1.807) is 0 Å². The van der Waals surface area contributed by atoms with E-state index in [0.717, 1.165) is 57.1 Å². The van der Waals surface area contributed by atoms with Crippen LogP contribution in [0.4, 0.5) is 13.2 Å². The van der Waals surface area contributed by atoms with Crippen LogP contribution in [0.2, 0.25) is 0 Å². The van der Waals surface area contributed by atoms with E-state index >= 15 is 0 Å². The molecule has 0 aliphatic heterocycles. The van der Waals surface area contributed by atoms with Gasteiger partial charge in [0.1, 0.15) is 6.10 Å². The van der Waals surface area contributed by atoms with E-state index < -0.39 is 17.7 Å². The number of esters is 1. The number of hydrogen-bond acceptors (Lipinski definition) is 3. The van der Waals surface area contributed by atoms with E-state index in [-0.39, 0.29) is 28.3 Å². The lowest BCUT2D eigenvalue weighted by Gasteiger charge is -2.57. The van der Waals surface area contributed by atoms with Gasteiger partial charge in [0.2, 0.25) is 0 Å². The highest BCUT2D eigenvalue weighted by Crippen LogP contribution is 2.65. The fourth-order valence-corrected chi connectivity index (χ4v) is 7.70. The van der Waals surface area contributed by atoms with Crippen molar-refractivity contribution in [3.63, 3.8) is 0 Å². The number of fused-ring (bicyclic) bond motifs is 5. The molecule has 0 saturated heterocycles. The monoisotopic (exact) mass is 460 g/mol. The molecule has 4 aliphatic rings. The van der Waals surface area contributed by atoms with Crippen molar-refractivity contribution in [2.45, 2.75) is 77.5 Å². The standard InChI is InChI=1S/C27H31F3O3/c1-25-13-11-19(31)15-18(25)7-8-20-21-9-10-23(26(21,2)14-12-22(20)25)33-24(32)16-3-5-17(6-4-16)27(28,29)30/h3-6,15,20-23H,7-14H2,1-2H3/t20-,21-,22+,23?,25-,26-/m0/s1. The number of rotatable bonds is 2. The first-order valence-electron chi connectivity index (χ1n) is 12.1. The second kappa shape index (κ2) is 7.71. The molecule has 4 aliphatic carbocycles. The molecule has 5 rings (SSSR count). The zero-order valence-electron chi connectivity index (χ0n) is 19.2. The van der Waals surface area contributed by atoms with Crippen LogP contribution in [0.25, 0.3) is 0 Å². The quantitative estimate of drug-likeness (QED) is 0.458. The number of allylic oxidation sites excluding steroid dienone is 1. The van der Waals surface area contributed by atoms with E-state index in [0.29, 0.717) is 24.2 Å². The van der Waals surface area contributed by atoms with Crippen molar-refractivity contribution in [3.8, 4) is 0 Å². The van der Waals surface area contributed by atoms with E-state index in [1.807, 2.05) is 6.08 Å². The van der Waals surface area contributed by atoms with Gasteiger partial charge in [-0.05, 0) is 98.5 Å². The van der Waals surface area contributed by atoms with Gasteiger partial charge in [0, 0.05) is 11.8 Å². The third-order valence-corrected chi connectivity index (χ3v) is 9.57. The molecule has 3 nitrogen and oxygen atoms in total. The molecule has 3 fully saturated rings. The molecule has 0 spiro atoms. The number of ether oxygens (including phenoxy) is 1. The zero-order chi connectivity index (χ0) is 23.6. The lowest BCUT2D eigenvalue weighted by molar-refractivity contribution is -0.137. The molecule has 6 heteroatoms. The Morgan fingerprint density at radius 1 is 0.970 bits per heavy atom. The molecule has 178 valence electrons. The smallest absolute Gasteiger partial charge is 0.416 e. The van der Waals surface area contributed by atoms with Crippen molar-refractivity contribution in [2.24, 2.45) is 28.6 Å². The third-order valence-electron chi connectivity index (χ3n) is 9.57. The summed E-state index contributed by atoms with van der Waals surface area (Å²) in [6.45, 7) is 4.59. The highest BCUT2D eigenvalue weighted by atomic mass is 19.4. The first kappa shape index (κ1) is 22.7. The Kier molecular flexibility index (Phi) is 5.30. The van der Waals surface area contributed by atoms with Crippen molar-refractivity contribution in [1.29, 1.82) is 0 Å². The highest BCUT2D eigenvalue weighted by molar-refractivity contribution is 5.91. The van der Waals surface area contributed by atoms with E-state index in [9.17, 15) is 22.8 Å². The molecule has 0 heterocycles. The van der Waals surface area contributed by atoms with E-state index in [4.69, 9.17) is 4.74 Å². The lowest BCUT2D eigenvalue weighted by atomic mass is 9.47. The second-order valence-electron chi connectivity index (χ2n) is 11.1. The molecule has 1 aromatic rings. The Balaban J connectivity index is 1.32. The summed E-state index contributed by atoms with van der Waals surface area (Å²) in [7, 11) is 0. The number of ketones is 1. The molecule has 3 saturated carbocycles. The summed E-state index contributed by atoms with van der Waals surface area (Å²) >= 11 is 0. The number of halogens is 3. The largest absolute Gasteiger partial charge is 0.458 e. The minimum atomic E-state index is -4.43. The predicted octanol–water partition coefficient (Wildman–Crippen LogP) is 6.76. The molecule has 0 radical (unpaired) electrons. The third kappa shape index (κ3) is 3.64. The summed E-state index contributed by atoms with van der Waals surface area (Å²) in [6.07, 6.45) is 4.76. The number of carbonyl (C=O) groups is 2. The van der Waals surface area contributed by atoms with E-state index in [2.05, 4.69) is 13.8 Å². The van der Waals surface area contributed by atoms with Gasteiger partial charge in [-0.2, -0.15) is 13.2 Å². The first-order valence-corrected chi connectivity index (χ1v) is 12.1. The van der Waals surface area contributed by atoms with Crippen LogP contribution >= 0.6 is 0 Å². The van der Waals surface area contributed by atoms with Crippen molar-refractivity contribution >= 4 is 11.8 Å². The summed E-state index contributed by atoms with van der Waals surface area (Å²) < 4.78 is 44.4. The number of carbonyl (C=O) groups excluding carboxylic acids is 2. The SMILES string of the molecule is C[C@]12CCC(=O)C=C1CC[C@@H]1[C@H]2CC[C@]2(C)C(OC(=O)c3ccc(C(F)(F)F)cc3)CC[C@@H]12. The summed E-state index contributed by atoms with van der Waals surface area (Å²) in [4.78, 5) is 24.8. The molecule has 0 aromatic heterocycles. The van der Waals surface area contributed by atoms with Crippen LogP contribution in [-0.4, -0.2) is 17.9 Å². The summed E-state index contributed by atoms with van der Waals surface area (Å²) in [5.74, 6) is 1.32. The molecule has 0 N–H and O–H groups in total. The summed E-state index contributed by atoms with van der Waals surface area (Å²) in [6, 6.07) is 4.28. The van der Waals surface area contributed by atoms with Gasteiger partial charge in [-0.1, -0.05) is 19.4 Å². The molecular weight excluding hydrogens is 429 g/mol. The summed E-state index contributed by atoms with van der Waals surface area (Å²) in [5, 5.41) is 0. The van der Waals surface area contributed by atoms with Crippen LogP contribution in [0.3, 0.4) is 0 Å². The molecule has 1 unspecified atom stereocenters. The first-order chi connectivity index (χ1) is 15.5. The van der Waals surface area contributed by atoms with Crippen LogP contribution in [0.5, 0.6) is 0 Å². The second-order valence-corrected chi connectivity index (χ2v) is 11.1. The fourth-order valence-electron chi connectivity index (χ4n) is 7.70. The molecule has 0 amide bonds. The Bertz CT molecular complexity index is 995. The molecule has 6 atom stereocenters. The van der Waals surface area contributed by atoms with Crippen LogP contribution in [-0.2, 0) is 15.7 Å². The topological polar surface area (TPSA) is 43.4 Å². The van der Waals surface area contributed by atoms with Gasteiger partial charge in [0.25, 0.3) is 0 Å². The minimum Gasteiger partial charge on any atom is -0.458 e. The molecule has 0 bridgehead atoms. The predicted molar refractivity (Wildman–Crippen MR) is 117 cm³/mol. The van der Waals surface area contributed by atoms with Crippen LogP contribution in [0.15, 0.2) is 35.9 Å². The van der Waals surface area contributed by atoms with Crippen molar-refractivity contribution in [3.05, 3.63) is 47.0 Å². The summed E-state index contributed by atoms with van der Waals surface area (Å²) in [5.41, 5.74) is 0.731. The van der Waals surface area contributed by atoms with Gasteiger partial charge in [0.15, 0.2) is 5.78 Å². The van der Waals surface area contributed by atoms with Crippen LogP contribution in [0, 0.1) is 28.6 Å². The van der Waals surface area contributed by atoms with Crippen molar-refractivity contribution in [1.82, 2.24) is 0 Å². The van der Waals surface area contributed by atoms with Crippen LogP contribution < -0.4 is 0 Å². The Morgan fingerprint density at radius 2 is 1.70 bits per heavy atom. The van der Waals surface area contributed by atoms with Crippen molar-refractivity contribution in [2.75, 3.05) is 0 Å². The molecule has 1 aromatic carbocycles.